The number of hydrogen-bond donors (Lipinski definition) is 4. The van der Waals surface area contributed by atoms with E-state index >= 15 is 0 Å². The van der Waals surface area contributed by atoms with Crippen LogP contribution in [0.5, 0.6) is 0 Å². The summed E-state index contributed by atoms with van der Waals surface area (Å²) in [6.07, 6.45) is 7.67. The summed E-state index contributed by atoms with van der Waals surface area (Å²) in [5.41, 5.74) is 17.6. The molecule has 2 aliphatic heterocycles. The van der Waals surface area contributed by atoms with E-state index in [2.05, 4.69) is 50.4 Å². The predicted octanol–water partition coefficient (Wildman–Crippen LogP) is -0.112. The first-order chi connectivity index (χ1) is 16.1. The third-order valence-electron chi connectivity index (χ3n) is 5.11. The van der Waals surface area contributed by atoms with Crippen LogP contribution in [0.15, 0.2) is 24.3 Å². The fourth-order valence-electron chi connectivity index (χ4n) is 2.98. The average Bonchev–Trinajstić information content (AvgIpc) is 3.49. The SMILES string of the molecule is CCCC(N)=O.CCCN.CN1CCCC1C(N)=O.Cc1ccc(C)cc1.O=CC1CCCN1.[CH3-].[K+]. The molecule has 1 aromatic rings. The molecule has 204 valence electrons. The number of carbonyl (C=O) groups excluding carboxylic acids is 3. The van der Waals surface area contributed by atoms with Gasteiger partial charge in [0.2, 0.25) is 11.8 Å². The predicted molar refractivity (Wildman–Crippen MR) is 148 cm³/mol. The van der Waals surface area contributed by atoms with Gasteiger partial charge in [-0.3, -0.25) is 14.5 Å². The largest absolute Gasteiger partial charge is 1.00 e. The molecule has 3 rings (SSSR count). The Labute approximate surface area is 263 Å². The molecule has 36 heavy (non-hydrogen) atoms. The smallest absolute Gasteiger partial charge is 0.370 e. The Kier molecular flexibility index (Phi) is 34.1. The van der Waals surface area contributed by atoms with Crippen molar-refractivity contribution in [1.29, 1.82) is 0 Å². The van der Waals surface area contributed by atoms with E-state index < -0.39 is 0 Å². The van der Waals surface area contributed by atoms with Crippen LogP contribution in [0.3, 0.4) is 0 Å². The molecular formula is C27H52KN5O3. The zero-order chi connectivity index (χ0) is 26.4. The zero-order valence-corrected chi connectivity index (χ0v) is 27.1. The first-order valence-electron chi connectivity index (χ1n) is 12.3. The Morgan fingerprint density at radius 1 is 1.03 bits per heavy atom. The van der Waals surface area contributed by atoms with Crippen molar-refractivity contribution < 1.29 is 65.8 Å². The number of nitrogens with zero attached hydrogens (tertiary/aromatic N) is 1. The number of amides is 2. The summed E-state index contributed by atoms with van der Waals surface area (Å²) in [5, 5.41) is 3.04. The number of likely N-dealkylation sites (tertiary alicyclic amines) is 1. The number of nitrogens with one attached hydrogen (secondary N) is 1. The quantitative estimate of drug-likeness (QED) is 0.236. The van der Waals surface area contributed by atoms with E-state index in [4.69, 9.17) is 17.2 Å². The molecule has 2 heterocycles. The molecule has 1 aromatic carbocycles. The van der Waals surface area contributed by atoms with Crippen molar-refractivity contribution in [2.45, 2.75) is 84.7 Å². The molecule has 2 saturated heterocycles. The van der Waals surface area contributed by atoms with Crippen LogP contribution in [0.4, 0.5) is 0 Å². The van der Waals surface area contributed by atoms with Crippen LogP contribution in [-0.2, 0) is 14.4 Å². The Hall–Kier alpha value is -0.654. The van der Waals surface area contributed by atoms with Crippen LogP contribution in [0.25, 0.3) is 0 Å². The third kappa shape index (κ3) is 26.4. The van der Waals surface area contributed by atoms with E-state index in [1.165, 1.54) is 11.1 Å². The molecule has 8 nitrogen and oxygen atoms in total. The number of carbonyl (C=O) groups is 3. The van der Waals surface area contributed by atoms with Gasteiger partial charge >= 0.3 is 51.4 Å². The van der Waals surface area contributed by atoms with Gasteiger partial charge in [0, 0.05) is 6.42 Å². The van der Waals surface area contributed by atoms with Gasteiger partial charge in [-0.05, 0) is 79.1 Å². The number of aldehydes is 1. The summed E-state index contributed by atoms with van der Waals surface area (Å²) in [4.78, 5) is 32.4. The Bertz CT molecular complexity index is 630. The van der Waals surface area contributed by atoms with Crippen LogP contribution in [0.1, 0.15) is 69.9 Å². The Morgan fingerprint density at radius 2 is 1.53 bits per heavy atom. The molecule has 0 aromatic heterocycles. The Balaban J connectivity index is -0.000000179. The molecule has 9 heteroatoms. The summed E-state index contributed by atoms with van der Waals surface area (Å²) in [7, 11) is 1.93. The second-order valence-corrected chi connectivity index (χ2v) is 8.54. The molecule has 2 atom stereocenters. The van der Waals surface area contributed by atoms with Gasteiger partial charge in [0.25, 0.3) is 0 Å². The van der Waals surface area contributed by atoms with Crippen molar-refractivity contribution in [2.24, 2.45) is 17.2 Å². The molecule has 0 bridgehead atoms. The van der Waals surface area contributed by atoms with Crippen molar-refractivity contribution in [3.63, 3.8) is 0 Å². The Morgan fingerprint density at radius 3 is 1.69 bits per heavy atom. The fourth-order valence-corrected chi connectivity index (χ4v) is 2.98. The van der Waals surface area contributed by atoms with Crippen LogP contribution in [-0.4, -0.2) is 61.8 Å². The van der Waals surface area contributed by atoms with Gasteiger partial charge in [0.05, 0.1) is 12.1 Å². The molecule has 0 spiro atoms. The van der Waals surface area contributed by atoms with E-state index in [-0.39, 0.29) is 82.7 Å². The zero-order valence-electron chi connectivity index (χ0n) is 24.0. The first-order valence-corrected chi connectivity index (χ1v) is 12.3. The van der Waals surface area contributed by atoms with Gasteiger partial charge in [-0.1, -0.05) is 49.2 Å². The maximum absolute atomic E-state index is 10.6. The number of hydrogen-bond acceptors (Lipinski definition) is 6. The van der Waals surface area contributed by atoms with E-state index in [1.807, 2.05) is 18.9 Å². The van der Waals surface area contributed by atoms with Gasteiger partial charge in [-0.15, -0.1) is 0 Å². The van der Waals surface area contributed by atoms with Gasteiger partial charge in [-0.25, -0.2) is 0 Å². The summed E-state index contributed by atoms with van der Waals surface area (Å²) in [6.45, 7) is 11.0. The van der Waals surface area contributed by atoms with Crippen molar-refractivity contribution in [3.8, 4) is 0 Å². The molecule has 2 fully saturated rings. The monoisotopic (exact) mass is 533 g/mol. The van der Waals surface area contributed by atoms with Gasteiger partial charge in [-0.2, -0.15) is 0 Å². The number of nitrogens with two attached hydrogens (primary N) is 3. The molecule has 2 amide bonds. The first kappa shape index (κ1) is 42.4. The van der Waals surface area contributed by atoms with Gasteiger partial charge in [0.1, 0.15) is 6.29 Å². The number of primary amides is 2. The molecule has 2 unspecified atom stereocenters. The normalized spacial score (nSPS) is 17.4. The van der Waals surface area contributed by atoms with Crippen LogP contribution < -0.4 is 73.9 Å². The van der Waals surface area contributed by atoms with Crippen LogP contribution in [0.2, 0.25) is 0 Å². The minimum absolute atomic E-state index is 0. The maximum Gasteiger partial charge on any atom is 1.00 e. The van der Waals surface area contributed by atoms with Gasteiger partial charge in [0.15, 0.2) is 0 Å². The average molecular weight is 534 g/mol. The molecule has 0 radical (unpaired) electrons. The second kappa shape index (κ2) is 28.9. The molecule has 7 N–H and O–H groups in total. The standard InChI is InChI=1S/C8H10.C6H12N2O.C5H9NO.C4H9NO.C3H9N.CH3.K/c1-7-3-5-8(2)6-4-7;1-8-4-2-3-5(8)6(7)9;7-4-5-2-1-3-6-5;1-2-3-4(5)6;1-2-3-4;;/h3-6H,1-2H3;5H,2-4H2,1H3,(H2,7,9);4-6H,1-3H2;2-3H2,1H3,(H2,5,6);2-4H2,1H3;1H3;/q;;;;;-1;+1. The van der Waals surface area contributed by atoms with Crippen LogP contribution in [0, 0.1) is 21.3 Å². The number of aryl methyl sites for hydroxylation is 2. The van der Waals surface area contributed by atoms with E-state index in [0.29, 0.717) is 6.42 Å². The van der Waals surface area contributed by atoms with Crippen molar-refractivity contribution in [2.75, 3.05) is 26.7 Å². The number of benzene rings is 1. The van der Waals surface area contributed by atoms with Gasteiger partial charge < -0.3 is 34.7 Å². The fraction of sp³-hybridized carbons (Fsp3) is 0.630. The molecular weight excluding hydrogens is 481 g/mol. The minimum Gasteiger partial charge on any atom is -0.370 e. The second-order valence-electron chi connectivity index (χ2n) is 8.54. The summed E-state index contributed by atoms with van der Waals surface area (Å²) in [5.74, 6) is -0.396. The topological polar surface area (TPSA) is 145 Å². The maximum atomic E-state index is 10.6. The summed E-state index contributed by atoms with van der Waals surface area (Å²) < 4.78 is 0. The van der Waals surface area contributed by atoms with E-state index in [0.717, 1.165) is 64.4 Å². The number of likely N-dealkylation sites (N-methyl/N-ethyl adjacent to an activating group) is 1. The number of rotatable bonds is 5. The van der Waals surface area contributed by atoms with Crippen molar-refractivity contribution in [3.05, 3.63) is 42.8 Å². The van der Waals surface area contributed by atoms with E-state index in [1.54, 1.807) is 0 Å². The third-order valence-corrected chi connectivity index (χ3v) is 5.11. The minimum atomic E-state index is -0.211. The van der Waals surface area contributed by atoms with Crippen LogP contribution >= 0.6 is 0 Å². The van der Waals surface area contributed by atoms with Crippen molar-refractivity contribution >= 4 is 18.1 Å². The van der Waals surface area contributed by atoms with Crippen molar-refractivity contribution in [1.82, 2.24) is 10.2 Å². The molecule has 2 aliphatic rings. The summed E-state index contributed by atoms with van der Waals surface area (Å²) >= 11 is 0. The van der Waals surface area contributed by atoms with E-state index in [9.17, 15) is 14.4 Å². The molecule has 0 aliphatic carbocycles. The molecule has 0 saturated carbocycles. The summed E-state index contributed by atoms with van der Waals surface area (Å²) in [6, 6.07) is 8.65.